The van der Waals surface area contributed by atoms with E-state index >= 15 is 0 Å². The second kappa shape index (κ2) is 7.67. The molecule has 1 rings (SSSR count). The number of amides is 1. The average Bonchev–Trinajstić information content (AvgIpc) is 2.83. The average molecular weight is 242 g/mol. The van der Waals surface area contributed by atoms with Crippen molar-refractivity contribution in [2.24, 2.45) is 0 Å². The molecule has 3 N–H and O–H groups in total. The lowest BCUT2D eigenvalue weighted by Crippen LogP contribution is -2.53. The summed E-state index contributed by atoms with van der Waals surface area (Å²) in [4.78, 5) is 12.1. The maximum Gasteiger partial charge on any atom is 0.240 e. The molecule has 1 aliphatic heterocycles. The van der Waals surface area contributed by atoms with Gasteiger partial charge in [-0.25, -0.2) is 0 Å². The first-order valence-corrected chi connectivity index (χ1v) is 6.89. The van der Waals surface area contributed by atoms with Crippen molar-refractivity contribution in [3.8, 4) is 0 Å². The molecule has 0 aromatic rings. The van der Waals surface area contributed by atoms with Crippen LogP contribution < -0.4 is 10.6 Å². The van der Waals surface area contributed by atoms with E-state index in [1.807, 2.05) is 0 Å². The molecule has 1 unspecified atom stereocenters. The Hall–Kier alpha value is -0.610. The van der Waals surface area contributed by atoms with E-state index in [9.17, 15) is 4.79 Å². The van der Waals surface area contributed by atoms with Crippen molar-refractivity contribution < 1.29 is 9.90 Å². The lowest BCUT2D eigenvalue weighted by atomic mass is 9.93. The highest BCUT2D eigenvalue weighted by Gasteiger charge is 2.38. The third-order valence-electron chi connectivity index (χ3n) is 3.65. The Morgan fingerprint density at radius 3 is 2.71 bits per heavy atom. The van der Waals surface area contributed by atoms with E-state index in [4.69, 9.17) is 5.11 Å². The largest absolute Gasteiger partial charge is 0.396 e. The van der Waals surface area contributed by atoms with Crippen molar-refractivity contribution in [1.82, 2.24) is 10.6 Å². The van der Waals surface area contributed by atoms with Gasteiger partial charge in [-0.3, -0.25) is 4.79 Å². The maximum atomic E-state index is 12.1. The number of hydrogen-bond acceptors (Lipinski definition) is 3. The molecule has 1 fully saturated rings. The predicted molar refractivity (Wildman–Crippen MR) is 68.8 cm³/mol. The zero-order chi connectivity index (χ0) is 12.6. The summed E-state index contributed by atoms with van der Waals surface area (Å²) in [5.74, 6) is 0.166. The SMILES string of the molecule is CCC1(C(=O)NCCCCCCO)CCCN1. The van der Waals surface area contributed by atoms with Gasteiger partial charge < -0.3 is 15.7 Å². The Morgan fingerprint density at radius 2 is 2.12 bits per heavy atom. The molecular formula is C13H26N2O2. The van der Waals surface area contributed by atoms with Crippen molar-refractivity contribution in [2.45, 2.75) is 57.4 Å². The summed E-state index contributed by atoms with van der Waals surface area (Å²) < 4.78 is 0. The Kier molecular flexibility index (Phi) is 6.52. The van der Waals surface area contributed by atoms with Gasteiger partial charge >= 0.3 is 0 Å². The van der Waals surface area contributed by atoms with Gasteiger partial charge in [0.25, 0.3) is 0 Å². The summed E-state index contributed by atoms with van der Waals surface area (Å²) >= 11 is 0. The molecule has 17 heavy (non-hydrogen) atoms. The van der Waals surface area contributed by atoms with E-state index in [2.05, 4.69) is 17.6 Å². The van der Waals surface area contributed by atoms with Crippen LogP contribution in [0.25, 0.3) is 0 Å². The molecule has 0 saturated carbocycles. The minimum atomic E-state index is -0.300. The van der Waals surface area contributed by atoms with E-state index in [0.29, 0.717) is 0 Å². The van der Waals surface area contributed by atoms with E-state index < -0.39 is 0 Å². The highest BCUT2D eigenvalue weighted by atomic mass is 16.2. The number of carbonyl (C=O) groups excluding carboxylic acids is 1. The molecule has 0 bridgehead atoms. The highest BCUT2D eigenvalue weighted by Crippen LogP contribution is 2.22. The zero-order valence-electron chi connectivity index (χ0n) is 10.9. The number of rotatable bonds is 8. The lowest BCUT2D eigenvalue weighted by molar-refractivity contribution is -0.127. The Bertz CT molecular complexity index is 225. The predicted octanol–water partition coefficient (Wildman–Crippen LogP) is 1.19. The van der Waals surface area contributed by atoms with E-state index in [-0.39, 0.29) is 18.1 Å². The van der Waals surface area contributed by atoms with Crippen LogP contribution in [0.5, 0.6) is 0 Å². The van der Waals surface area contributed by atoms with Crippen molar-refractivity contribution in [3.05, 3.63) is 0 Å². The van der Waals surface area contributed by atoms with Crippen molar-refractivity contribution in [2.75, 3.05) is 19.7 Å². The molecule has 1 aliphatic rings. The van der Waals surface area contributed by atoms with Gasteiger partial charge in [-0.1, -0.05) is 19.8 Å². The standard InChI is InChI=1S/C13H26N2O2/c1-2-13(8-7-10-15-13)12(17)14-9-5-3-4-6-11-16/h15-16H,2-11H2,1H3,(H,14,17). The fourth-order valence-corrected chi connectivity index (χ4v) is 2.42. The third kappa shape index (κ3) is 4.28. The van der Waals surface area contributed by atoms with Gasteiger partial charge in [-0.05, 0) is 38.6 Å². The van der Waals surface area contributed by atoms with Crippen molar-refractivity contribution >= 4 is 5.91 Å². The van der Waals surface area contributed by atoms with Crippen LogP contribution in [0.1, 0.15) is 51.9 Å². The number of nitrogens with one attached hydrogen (secondary N) is 2. The molecule has 4 heteroatoms. The molecule has 1 saturated heterocycles. The van der Waals surface area contributed by atoms with Crippen molar-refractivity contribution in [1.29, 1.82) is 0 Å². The summed E-state index contributed by atoms with van der Waals surface area (Å²) in [5.41, 5.74) is -0.300. The zero-order valence-corrected chi connectivity index (χ0v) is 10.9. The third-order valence-corrected chi connectivity index (χ3v) is 3.65. The fourth-order valence-electron chi connectivity index (χ4n) is 2.42. The molecule has 100 valence electrons. The van der Waals surface area contributed by atoms with Crippen LogP contribution in [0, 0.1) is 0 Å². The maximum absolute atomic E-state index is 12.1. The van der Waals surface area contributed by atoms with Crippen LogP contribution in [0.4, 0.5) is 0 Å². The molecule has 1 amide bonds. The summed E-state index contributed by atoms with van der Waals surface area (Å²) in [5, 5.41) is 15.0. The van der Waals surface area contributed by atoms with Gasteiger partial charge in [0.2, 0.25) is 5.91 Å². The molecule has 4 nitrogen and oxygen atoms in total. The minimum Gasteiger partial charge on any atom is -0.396 e. The number of aliphatic hydroxyl groups excluding tert-OH is 1. The van der Waals surface area contributed by atoms with Crippen LogP contribution in [-0.4, -0.2) is 36.2 Å². The molecule has 0 aromatic heterocycles. The van der Waals surface area contributed by atoms with Gasteiger partial charge in [-0.2, -0.15) is 0 Å². The topological polar surface area (TPSA) is 61.4 Å². The summed E-state index contributed by atoms with van der Waals surface area (Å²) in [6, 6.07) is 0. The Balaban J connectivity index is 2.15. The van der Waals surface area contributed by atoms with Crippen LogP contribution in [-0.2, 0) is 4.79 Å². The quantitative estimate of drug-likeness (QED) is 0.560. The molecule has 0 spiro atoms. The van der Waals surface area contributed by atoms with Gasteiger partial charge in [0.1, 0.15) is 0 Å². The summed E-state index contributed by atoms with van der Waals surface area (Å²) in [7, 11) is 0. The van der Waals surface area contributed by atoms with Gasteiger partial charge in [0.05, 0.1) is 5.54 Å². The number of carbonyl (C=O) groups is 1. The molecule has 0 aromatic carbocycles. The second-order valence-corrected chi connectivity index (χ2v) is 4.86. The monoisotopic (exact) mass is 242 g/mol. The molecule has 0 radical (unpaired) electrons. The summed E-state index contributed by atoms with van der Waals surface area (Å²) in [6.07, 6.45) is 6.91. The van der Waals surface area contributed by atoms with Crippen LogP contribution in [0.15, 0.2) is 0 Å². The Labute approximate surface area is 104 Å². The normalized spacial score (nSPS) is 23.9. The Morgan fingerprint density at radius 1 is 1.35 bits per heavy atom. The van der Waals surface area contributed by atoms with Gasteiger partial charge in [0.15, 0.2) is 0 Å². The van der Waals surface area contributed by atoms with Crippen LogP contribution in [0.3, 0.4) is 0 Å². The van der Waals surface area contributed by atoms with E-state index in [1.54, 1.807) is 0 Å². The molecule has 1 heterocycles. The first-order valence-electron chi connectivity index (χ1n) is 6.89. The van der Waals surface area contributed by atoms with Gasteiger partial charge in [-0.15, -0.1) is 0 Å². The van der Waals surface area contributed by atoms with Crippen LogP contribution in [0.2, 0.25) is 0 Å². The molecule has 1 atom stereocenters. The minimum absolute atomic E-state index is 0.166. The first-order chi connectivity index (χ1) is 8.25. The lowest BCUT2D eigenvalue weighted by Gasteiger charge is -2.26. The number of hydrogen-bond donors (Lipinski definition) is 3. The van der Waals surface area contributed by atoms with Crippen molar-refractivity contribution in [3.63, 3.8) is 0 Å². The number of aliphatic hydroxyl groups is 1. The molecular weight excluding hydrogens is 216 g/mol. The van der Waals surface area contributed by atoms with Crippen LogP contribution >= 0.6 is 0 Å². The summed E-state index contributed by atoms with van der Waals surface area (Å²) in [6.45, 7) is 4.06. The number of unbranched alkanes of at least 4 members (excludes halogenated alkanes) is 3. The highest BCUT2D eigenvalue weighted by molar-refractivity contribution is 5.86. The second-order valence-electron chi connectivity index (χ2n) is 4.86. The first kappa shape index (κ1) is 14.5. The van der Waals surface area contributed by atoms with Gasteiger partial charge in [0, 0.05) is 13.2 Å². The smallest absolute Gasteiger partial charge is 0.240 e. The fraction of sp³-hybridized carbons (Fsp3) is 0.923. The van der Waals surface area contributed by atoms with E-state index in [0.717, 1.165) is 58.0 Å². The molecule has 0 aliphatic carbocycles. The van der Waals surface area contributed by atoms with E-state index in [1.165, 1.54) is 0 Å².